The van der Waals surface area contributed by atoms with Crippen molar-refractivity contribution < 1.29 is 23.5 Å². The topological polar surface area (TPSA) is 70.8 Å². The molecule has 0 aliphatic rings. The van der Waals surface area contributed by atoms with Gasteiger partial charge < -0.3 is 18.7 Å². The van der Waals surface area contributed by atoms with Gasteiger partial charge >= 0.3 is 5.97 Å². The predicted molar refractivity (Wildman–Crippen MR) is 95.6 cm³/mol. The van der Waals surface area contributed by atoms with Gasteiger partial charge in [-0.05, 0) is 42.5 Å². The van der Waals surface area contributed by atoms with Crippen LogP contribution < -0.4 is 9.47 Å². The zero-order chi connectivity index (χ0) is 18.5. The third kappa shape index (κ3) is 3.97. The molecule has 0 atom stereocenters. The van der Waals surface area contributed by atoms with Crippen LogP contribution >= 0.6 is 11.6 Å². The maximum absolute atomic E-state index is 12.0. The quantitative estimate of drug-likeness (QED) is 0.597. The number of hydrogen-bond donors (Lipinski definition) is 0. The molecule has 0 fully saturated rings. The lowest BCUT2D eigenvalue weighted by Gasteiger charge is -2.07. The SMILES string of the molecule is COc1ccc(-c2cc(COC(=O)c3ccc(Cl)cc3)no2)cc1OC. The van der Waals surface area contributed by atoms with E-state index in [2.05, 4.69) is 5.16 Å². The molecular formula is C19H16ClNO5. The molecule has 0 amide bonds. The molecule has 134 valence electrons. The highest BCUT2D eigenvalue weighted by Crippen LogP contribution is 2.32. The second kappa shape index (κ2) is 7.93. The number of carbonyl (C=O) groups is 1. The van der Waals surface area contributed by atoms with Gasteiger partial charge in [-0.2, -0.15) is 0 Å². The average Bonchev–Trinajstić information content (AvgIpc) is 3.15. The van der Waals surface area contributed by atoms with Crippen molar-refractivity contribution in [3.8, 4) is 22.8 Å². The fourth-order valence-electron chi connectivity index (χ4n) is 2.31. The number of nitrogens with zero attached hydrogens (tertiary/aromatic N) is 1. The van der Waals surface area contributed by atoms with Crippen molar-refractivity contribution in [1.82, 2.24) is 5.16 Å². The normalized spacial score (nSPS) is 10.4. The molecular weight excluding hydrogens is 358 g/mol. The van der Waals surface area contributed by atoms with E-state index in [9.17, 15) is 4.79 Å². The monoisotopic (exact) mass is 373 g/mol. The number of esters is 1. The van der Waals surface area contributed by atoms with Gasteiger partial charge in [0.05, 0.1) is 19.8 Å². The van der Waals surface area contributed by atoms with E-state index in [0.29, 0.717) is 33.5 Å². The van der Waals surface area contributed by atoms with Gasteiger partial charge in [0.25, 0.3) is 0 Å². The van der Waals surface area contributed by atoms with Gasteiger partial charge in [0.1, 0.15) is 12.3 Å². The van der Waals surface area contributed by atoms with Gasteiger partial charge in [-0.1, -0.05) is 16.8 Å². The molecule has 2 aromatic carbocycles. The molecule has 0 aliphatic heterocycles. The standard InChI is InChI=1S/C19H16ClNO5/c1-23-16-8-5-13(9-18(16)24-2)17-10-15(21-26-17)11-25-19(22)12-3-6-14(20)7-4-12/h3-10H,11H2,1-2H3. The Bertz CT molecular complexity index is 905. The molecule has 0 spiro atoms. The first-order chi connectivity index (χ1) is 12.6. The molecule has 0 N–H and O–H groups in total. The number of methoxy groups -OCH3 is 2. The van der Waals surface area contributed by atoms with Crippen LogP contribution in [0, 0.1) is 0 Å². The third-order valence-corrected chi connectivity index (χ3v) is 3.91. The van der Waals surface area contributed by atoms with Gasteiger partial charge in [-0.25, -0.2) is 4.79 Å². The van der Waals surface area contributed by atoms with Crippen LogP contribution in [0.15, 0.2) is 53.1 Å². The maximum atomic E-state index is 12.0. The maximum Gasteiger partial charge on any atom is 0.338 e. The van der Waals surface area contributed by atoms with Gasteiger partial charge in [-0.15, -0.1) is 0 Å². The van der Waals surface area contributed by atoms with Crippen LogP contribution in [0.4, 0.5) is 0 Å². The highest BCUT2D eigenvalue weighted by Gasteiger charge is 2.13. The Morgan fingerprint density at radius 1 is 1.04 bits per heavy atom. The number of aromatic nitrogens is 1. The summed E-state index contributed by atoms with van der Waals surface area (Å²) < 4.78 is 21.0. The van der Waals surface area contributed by atoms with Crippen molar-refractivity contribution in [2.75, 3.05) is 14.2 Å². The van der Waals surface area contributed by atoms with E-state index in [1.807, 2.05) is 6.07 Å². The second-order valence-corrected chi connectivity index (χ2v) is 5.77. The molecule has 0 radical (unpaired) electrons. The van der Waals surface area contributed by atoms with E-state index >= 15 is 0 Å². The van der Waals surface area contributed by atoms with Crippen LogP contribution in [0.1, 0.15) is 16.1 Å². The zero-order valence-electron chi connectivity index (χ0n) is 14.2. The first-order valence-corrected chi connectivity index (χ1v) is 8.09. The van der Waals surface area contributed by atoms with Crippen LogP contribution in [-0.4, -0.2) is 25.3 Å². The molecule has 6 nitrogen and oxygen atoms in total. The smallest absolute Gasteiger partial charge is 0.338 e. The molecule has 0 saturated carbocycles. The summed E-state index contributed by atoms with van der Waals surface area (Å²) in [6, 6.07) is 13.5. The molecule has 0 aliphatic carbocycles. The molecule has 1 aromatic heterocycles. The van der Waals surface area contributed by atoms with E-state index in [4.69, 9.17) is 30.3 Å². The largest absolute Gasteiger partial charge is 0.493 e. The highest BCUT2D eigenvalue weighted by atomic mass is 35.5. The molecule has 1 heterocycles. The number of halogens is 1. The summed E-state index contributed by atoms with van der Waals surface area (Å²) >= 11 is 5.80. The zero-order valence-corrected chi connectivity index (χ0v) is 14.9. The molecule has 26 heavy (non-hydrogen) atoms. The van der Waals surface area contributed by atoms with Crippen molar-refractivity contribution in [3.05, 3.63) is 64.8 Å². The highest BCUT2D eigenvalue weighted by molar-refractivity contribution is 6.30. The predicted octanol–water partition coefficient (Wildman–Crippen LogP) is 4.37. The minimum atomic E-state index is -0.461. The summed E-state index contributed by atoms with van der Waals surface area (Å²) in [4.78, 5) is 12.0. The Morgan fingerprint density at radius 3 is 2.46 bits per heavy atom. The number of carbonyl (C=O) groups excluding carboxylic acids is 1. The van der Waals surface area contributed by atoms with Gasteiger partial charge in [0.2, 0.25) is 0 Å². The molecule has 0 unspecified atom stereocenters. The third-order valence-electron chi connectivity index (χ3n) is 3.66. The molecule has 0 bridgehead atoms. The van der Waals surface area contributed by atoms with Gasteiger partial charge in [0.15, 0.2) is 17.3 Å². The summed E-state index contributed by atoms with van der Waals surface area (Å²) in [5, 5.41) is 4.48. The Hall–Kier alpha value is -2.99. The fourth-order valence-corrected chi connectivity index (χ4v) is 2.44. The van der Waals surface area contributed by atoms with Crippen LogP contribution in [0.3, 0.4) is 0 Å². The summed E-state index contributed by atoms with van der Waals surface area (Å²) in [5.41, 5.74) is 1.68. The number of hydrogen-bond acceptors (Lipinski definition) is 6. The summed E-state index contributed by atoms with van der Waals surface area (Å²) in [6.45, 7) is -0.00174. The number of rotatable bonds is 6. The lowest BCUT2D eigenvalue weighted by molar-refractivity contribution is 0.0464. The summed E-state index contributed by atoms with van der Waals surface area (Å²) in [7, 11) is 3.13. The summed E-state index contributed by atoms with van der Waals surface area (Å²) in [6.07, 6.45) is 0. The lowest BCUT2D eigenvalue weighted by atomic mass is 10.1. The van der Waals surface area contributed by atoms with Crippen LogP contribution in [-0.2, 0) is 11.3 Å². The van der Waals surface area contributed by atoms with Crippen LogP contribution in [0.25, 0.3) is 11.3 Å². The fraction of sp³-hybridized carbons (Fsp3) is 0.158. The van der Waals surface area contributed by atoms with Crippen LogP contribution in [0.5, 0.6) is 11.5 Å². The van der Waals surface area contributed by atoms with E-state index < -0.39 is 5.97 Å². The molecule has 3 aromatic rings. The Labute approximate surface area is 155 Å². The Kier molecular flexibility index (Phi) is 5.43. The van der Waals surface area contributed by atoms with E-state index in [1.54, 1.807) is 56.7 Å². The van der Waals surface area contributed by atoms with Crippen LogP contribution in [0.2, 0.25) is 5.02 Å². The van der Waals surface area contributed by atoms with Crippen molar-refractivity contribution in [2.24, 2.45) is 0 Å². The van der Waals surface area contributed by atoms with Crippen molar-refractivity contribution in [3.63, 3.8) is 0 Å². The van der Waals surface area contributed by atoms with Crippen molar-refractivity contribution in [1.29, 1.82) is 0 Å². The minimum Gasteiger partial charge on any atom is -0.493 e. The average molecular weight is 374 g/mol. The number of ether oxygens (including phenoxy) is 3. The second-order valence-electron chi connectivity index (χ2n) is 5.34. The van der Waals surface area contributed by atoms with E-state index in [1.165, 1.54) is 0 Å². The Morgan fingerprint density at radius 2 is 1.77 bits per heavy atom. The molecule has 0 saturated heterocycles. The van der Waals surface area contributed by atoms with Crippen molar-refractivity contribution >= 4 is 17.6 Å². The lowest BCUT2D eigenvalue weighted by Crippen LogP contribution is -2.05. The van der Waals surface area contributed by atoms with E-state index in [-0.39, 0.29) is 6.61 Å². The first kappa shape index (κ1) is 17.8. The Balaban J connectivity index is 1.68. The van der Waals surface area contributed by atoms with E-state index in [0.717, 1.165) is 5.56 Å². The van der Waals surface area contributed by atoms with Gasteiger partial charge in [0, 0.05) is 16.7 Å². The molecule has 7 heteroatoms. The van der Waals surface area contributed by atoms with Crippen molar-refractivity contribution in [2.45, 2.75) is 6.61 Å². The first-order valence-electron chi connectivity index (χ1n) is 7.71. The number of benzene rings is 2. The summed E-state index contributed by atoms with van der Waals surface area (Å²) in [5.74, 6) is 1.27. The van der Waals surface area contributed by atoms with Gasteiger partial charge in [-0.3, -0.25) is 0 Å². The molecule has 3 rings (SSSR count). The minimum absolute atomic E-state index is 0.00174.